The van der Waals surface area contributed by atoms with Crippen molar-refractivity contribution >= 4 is 43.6 Å². The van der Waals surface area contributed by atoms with Gasteiger partial charge in [-0.3, -0.25) is 24.0 Å². The highest BCUT2D eigenvalue weighted by Crippen LogP contribution is 2.37. The highest BCUT2D eigenvalue weighted by molar-refractivity contribution is 6.74. The van der Waals surface area contributed by atoms with Crippen LogP contribution in [0, 0.1) is 0 Å². The van der Waals surface area contributed by atoms with Gasteiger partial charge in [-0.1, -0.05) is 26.8 Å². The number of hydrogen-bond acceptors (Lipinski definition) is 8. The molecule has 12 nitrogen and oxygen atoms in total. The van der Waals surface area contributed by atoms with Crippen molar-refractivity contribution in [3.8, 4) is 0 Å². The van der Waals surface area contributed by atoms with Gasteiger partial charge in [-0.15, -0.1) is 0 Å². The summed E-state index contributed by atoms with van der Waals surface area (Å²) in [7, 11) is 0.869. The Labute approximate surface area is 243 Å². The number of anilines is 1. The van der Waals surface area contributed by atoms with E-state index in [1.54, 1.807) is 13.1 Å². The summed E-state index contributed by atoms with van der Waals surface area (Å²) >= 11 is 0. The Kier molecular flexibility index (Phi) is 14.7. The van der Waals surface area contributed by atoms with Gasteiger partial charge in [0.1, 0.15) is 0 Å². The number of aliphatic hydroxyl groups is 1. The second-order valence-electron chi connectivity index (χ2n) is 11.3. The van der Waals surface area contributed by atoms with Gasteiger partial charge in [0.2, 0.25) is 23.6 Å². The standard InChI is InChI=1S/C28H46N4O8Si/c1-28(2,3)41(6,7)40-19-21-12-20(18-33)13-22(14-21)32(4)26(37)17-31-25(36)16-30-24(35)15-29-23(34)10-8-9-11-27(38)39-5/h12-14,33H,8-11,15-19H2,1-7H3,(H,29,34)(H,30,35)(H,31,36). The lowest BCUT2D eigenvalue weighted by atomic mass is 10.1. The molecule has 0 atom stereocenters. The number of esters is 1. The third kappa shape index (κ3) is 13.3. The van der Waals surface area contributed by atoms with E-state index in [0.29, 0.717) is 30.7 Å². The summed E-state index contributed by atoms with van der Waals surface area (Å²) in [5.41, 5.74) is 2.02. The smallest absolute Gasteiger partial charge is 0.305 e. The molecule has 0 aliphatic carbocycles. The molecule has 0 saturated carbocycles. The number of hydrogen-bond donors (Lipinski definition) is 4. The van der Waals surface area contributed by atoms with Gasteiger partial charge >= 0.3 is 5.97 Å². The molecule has 0 aromatic heterocycles. The summed E-state index contributed by atoms with van der Waals surface area (Å²) in [6, 6.07) is 5.36. The molecule has 0 bridgehead atoms. The molecular formula is C28H46N4O8Si. The average molecular weight is 595 g/mol. The minimum absolute atomic E-state index is 0.0382. The lowest BCUT2D eigenvalue weighted by Gasteiger charge is -2.36. The predicted octanol–water partition coefficient (Wildman–Crippen LogP) is 1.75. The van der Waals surface area contributed by atoms with Crippen LogP contribution < -0.4 is 20.9 Å². The van der Waals surface area contributed by atoms with Crippen LogP contribution in [0.1, 0.15) is 57.6 Å². The first-order valence-electron chi connectivity index (χ1n) is 13.6. The maximum atomic E-state index is 12.7. The summed E-state index contributed by atoms with van der Waals surface area (Å²) < 4.78 is 10.8. The number of nitrogens with zero attached hydrogens (tertiary/aromatic N) is 1. The van der Waals surface area contributed by atoms with Crippen molar-refractivity contribution < 1.29 is 38.2 Å². The summed E-state index contributed by atoms with van der Waals surface area (Å²) in [5, 5.41) is 17.1. The fourth-order valence-electron chi connectivity index (χ4n) is 3.26. The number of amides is 4. The Morgan fingerprint density at radius 3 is 1.95 bits per heavy atom. The largest absolute Gasteiger partial charge is 0.469 e. The quantitative estimate of drug-likeness (QED) is 0.128. The first-order chi connectivity index (χ1) is 19.1. The fraction of sp³-hybridized carbons (Fsp3) is 0.607. The molecule has 1 aromatic rings. The van der Waals surface area contributed by atoms with Crippen molar-refractivity contribution in [2.45, 2.75) is 77.8 Å². The van der Waals surface area contributed by atoms with Gasteiger partial charge in [0.25, 0.3) is 0 Å². The third-order valence-electron chi connectivity index (χ3n) is 6.98. The second kappa shape index (κ2) is 16.8. The van der Waals surface area contributed by atoms with Gasteiger partial charge in [0, 0.05) is 25.6 Å². The first kappa shape index (κ1) is 35.7. The summed E-state index contributed by atoms with van der Waals surface area (Å²) in [4.78, 5) is 61.1. The van der Waals surface area contributed by atoms with Crippen molar-refractivity contribution in [2.24, 2.45) is 0 Å². The van der Waals surface area contributed by atoms with Crippen molar-refractivity contribution in [1.29, 1.82) is 0 Å². The van der Waals surface area contributed by atoms with E-state index in [0.717, 1.165) is 5.56 Å². The zero-order valence-corrected chi connectivity index (χ0v) is 26.3. The number of nitrogens with one attached hydrogen (secondary N) is 3. The number of carbonyl (C=O) groups is 5. The van der Waals surface area contributed by atoms with Gasteiger partial charge < -0.3 is 35.1 Å². The maximum absolute atomic E-state index is 12.7. The van der Waals surface area contributed by atoms with Crippen molar-refractivity contribution in [3.63, 3.8) is 0 Å². The van der Waals surface area contributed by atoms with E-state index in [4.69, 9.17) is 4.43 Å². The van der Waals surface area contributed by atoms with E-state index in [-0.39, 0.29) is 56.0 Å². The number of rotatable bonds is 16. The van der Waals surface area contributed by atoms with E-state index in [2.05, 4.69) is 54.6 Å². The molecule has 0 heterocycles. The van der Waals surface area contributed by atoms with E-state index >= 15 is 0 Å². The van der Waals surface area contributed by atoms with Gasteiger partial charge in [-0.25, -0.2) is 0 Å². The first-order valence-corrected chi connectivity index (χ1v) is 16.5. The van der Waals surface area contributed by atoms with Crippen molar-refractivity contribution in [3.05, 3.63) is 29.3 Å². The van der Waals surface area contributed by atoms with Crippen LogP contribution in [0.4, 0.5) is 5.69 Å². The number of benzene rings is 1. The van der Waals surface area contributed by atoms with Crippen LogP contribution in [0.25, 0.3) is 0 Å². The number of unbranched alkanes of at least 4 members (excludes halogenated alkanes) is 1. The second-order valence-corrected chi connectivity index (χ2v) is 16.1. The van der Waals surface area contributed by atoms with Crippen LogP contribution in [-0.2, 0) is 46.3 Å². The van der Waals surface area contributed by atoms with Crippen LogP contribution in [-0.4, -0.2) is 76.8 Å². The molecule has 0 spiro atoms. The van der Waals surface area contributed by atoms with Crippen LogP contribution in [0.2, 0.25) is 18.1 Å². The fourth-order valence-corrected chi connectivity index (χ4v) is 4.22. The lowest BCUT2D eigenvalue weighted by Crippen LogP contribution is -2.44. The molecular weight excluding hydrogens is 548 g/mol. The lowest BCUT2D eigenvalue weighted by molar-refractivity contribution is -0.140. The highest BCUT2D eigenvalue weighted by atomic mass is 28.4. The Hall–Kier alpha value is -3.29. The molecule has 0 radical (unpaired) electrons. The van der Waals surface area contributed by atoms with E-state index in [9.17, 15) is 29.1 Å². The van der Waals surface area contributed by atoms with E-state index < -0.39 is 26.0 Å². The zero-order chi connectivity index (χ0) is 31.2. The Morgan fingerprint density at radius 2 is 1.39 bits per heavy atom. The highest BCUT2D eigenvalue weighted by Gasteiger charge is 2.37. The number of ether oxygens (including phenoxy) is 1. The average Bonchev–Trinajstić information content (AvgIpc) is 2.93. The molecule has 41 heavy (non-hydrogen) atoms. The minimum atomic E-state index is -2.00. The van der Waals surface area contributed by atoms with Crippen LogP contribution in [0.5, 0.6) is 0 Å². The molecule has 0 saturated heterocycles. The molecule has 0 fully saturated rings. The van der Waals surface area contributed by atoms with Crippen molar-refractivity contribution in [1.82, 2.24) is 16.0 Å². The molecule has 4 N–H and O–H groups in total. The number of methoxy groups -OCH3 is 1. The number of likely N-dealkylation sites (N-methyl/N-ethyl adjacent to an activating group) is 1. The van der Waals surface area contributed by atoms with Crippen molar-refractivity contribution in [2.75, 3.05) is 38.7 Å². The molecule has 13 heteroatoms. The molecule has 4 amide bonds. The molecule has 0 aliphatic heterocycles. The molecule has 1 aromatic carbocycles. The summed E-state index contributed by atoms with van der Waals surface area (Å²) in [6.07, 6.45) is 1.36. The SMILES string of the molecule is COC(=O)CCCCC(=O)NCC(=O)NCC(=O)NCC(=O)N(C)c1cc(CO)cc(CO[Si](C)(C)C(C)(C)C)c1. The van der Waals surface area contributed by atoms with Crippen LogP contribution in [0.3, 0.4) is 0 Å². The van der Waals surface area contributed by atoms with E-state index in [1.165, 1.54) is 12.0 Å². The maximum Gasteiger partial charge on any atom is 0.305 e. The Morgan fingerprint density at radius 1 is 0.854 bits per heavy atom. The summed E-state index contributed by atoms with van der Waals surface area (Å²) in [6.45, 7) is 9.95. The Bertz CT molecular complexity index is 1070. The normalized spacial score (nSPS) is 11.4. The number of aliphatic hydroxyl groups excluding tert-OH is 1. The van der Waals surface area contributed by atoms with Gasteiger partial charge in [0.15, 0.2) is 8.32 Å². The monoisotopic (exact) mass is 594 g/mol. The van der Waals surface area contributed by atoms with E-state index in [1.807, 2.05) is 12.1 Å². The molecule has 0 unspecified atom stereocenters. The minimum Gasteiger partial charge on any atom is -0.469 e. The molecule has 1 rings (SSSR count). The summed E-state index contributed by atoms with van der Waals surface area (Å²) in [5.74, 6) is -2.20. The van der Waals surface area contributed by atoms with Crippen LogP contribution >= 0.6 is 0 Å². The Balaban J connectivity index is 2.51. The van der Waals surface area contributed by atoms with Crippen LogP contribution in [0.15, 0.2) is 18.2 Å². The number of carbonyl (C=O) groups excluding carboxylic acids is 5. The molecule has 230 valence electrons. The molecule has 0 aliphatic rings. The zero-order valence-electron chi connectivity index (χ0n) is 25.3. The topological polar surface area (TPSA) is 163 Å². The van der Waals surface area contributed by atoms with Gasteiger partial charge in [-0.05, 0) is 54.2 Å². The predicted molar refractivity (Wildman–Crippen MR) is 157 cm³/mol. The van der Waals surface area contributed by atoms with Gasteiger partial charge in [-0.2, -0.15) is 0 Å². The van der Waals surface area contributed by atoms with Gasteiger partial charge in [0.05, 0.1) is 40.0 Å². The third-order valence-corrected chi connectivity index (χ3v) is 11.5.